The van der Waals surface area contributed by atoms with E-state index in [1.165, 1.54) is 0 Å². The number of terminal acetylenes is 1. The van der Waals surface area contributed by atoms with Gasteiger partial charge >= 0.3 is 0 Å². The molecule has 2 atom stereocenters. The van der Waals surface area contributed by atoms with E-state index in [1.807, 2.05) is 0 Å². The van der Waals surface area contributed by atoms with E-state index in [1.54, 1.807) is 6.92 Å². The SMILES string of the molecule is C#CC(C)C(O)CCO. The van der Waals surface area contributed by atoms with Crippen molar-refractivity contribution in [3.05, 3.63) is 0 Å². The third-order valence-corrected chi connectivity index (χ3v) is 1.26. The zero-order chi connectivity index (χ0) is 7.28. The molecule has 0 bridgehead atoms. The van der Waals surface area contributed by atoms with Crippen LogP contribution in [0, 0.1) is 18.3 Å². The van der Waals surface area contributed by atoms with Gasteiger partial charge in [-0.2, -0.15) is 0 Å². The maximum atomic E-state index is 9.02. The minimum Gasteiger partial charge on any atom is -0.396 e. The average molecular weight is 128 g/mol. The van der Waals surface area contributed by atoms with Gasteiger partial charge in [-0.25, -0.2) is 0 Å². The van der Waals surface area contributed by atoms with Gasteiger partial charge in [0.1, 0.15) is 0 Å². The van der Waals surface area contributed by atoms with Gasteiger partial charge in [-0.3, -0.25) is 0 Å². The van der Waals surface area contributed by atoms with Crippen molar-refractivity contribution in [3.63, 3.8) is 0 Å². The first-order valence-electron chi connectivity index (χ1n) is 2.97. The molecule has 0 saturated heterocycles. The second-order valence-electron chi connectivity index (χ2n) is 2.03. The predicted octanol–water partition coefficient (Wildman–Crippen LogP) is -0.00100. The van der Waals surface area contributed by atoms with E-state index >= 15 is 0 Å². The molecule has 0 aromatic carbocycles. The minimum atomic E-state index is -0.556. The second-order valence-corrected chi connectivity index (χ2v) is 2.03. The lowest BCUT2D eigenvalue weighted by molar-refractivity contribution is 0.106. The zero-order valence-corrected chi connectivity index (χ0v) is 5.54. The summed E-state index contributed by atoms with van der Waals surface area (Å²) in [6, 6.07) is 0. The number of rotatable bonds is 3. The third kappa shape index (κ3) is 3.12. The fraction of sp³-hybridized carbons (Fsp3) is 0.714. The highest BCUT2D eigenvalue weighted by atomic mass is 16.3. The van der Waals surface area contributed by atoms with Crippen LogP contribution in [-0.2, 0) is 0 Å². The van der Waals surface area contributed by atoms with Crippen molar-refractivity contribution in [1.29, 1.82) is 0 Å². The summed E-state index contributed by atoms with van der Waals surface area (Å²) < 4.78 is 0. The van der Waals surface area contributed by atoms with E-state index < -0.39 is 6.10 Å². The fourth-order valence-electron chi connectivity index (χ4n) is 0.493. The Morgan fingerprint density at radius 1 is 1.67 bits per heavy atom. The molecule has 9 heavy (non-hydrogen) atoms. The van der Waals surface area contributed by atoms with Crippen LogP contribution in [0.1, 0.15) is 13.3 Å². The van der Waals surface area contributed by atoms with Gasteiger partial charge in [0.05, 0.1) is 6.10 Å². The van der Waals surface area contributed by atoms with Crippen LogP contribution in [0.4, 0.5) is 0 Å². The lowest BCUT2D eigenvalue weighted by atomic mass is 10.0. The number of aliphatic hydroxyl groups excluding tert-OH is 2. The highest BCUT2D eigenvalue weighted by Gasteiger charge is 2.09. The molecular weight excluding hydrogens is 116 g/mol. The lowest BCUT2D eigenvalue weighted by Gasteiger charge is -2.10. The lowest BCUT2D eigenvalue weighted by Crippen LogP contribution is -2.17. The normalized spacial score (nSPS) is 16.2. The molecule has 0 aliphatic rings. The predicted molar refractivity (Wildman–Crippen MR) is 35.7 cm³/mol. The number of hydrogen-bond acceptors (Lipinski definition) is 2. The van der Waals surface area contributed by atoms with Crippen LogP contribution >= 0.6 is 0 Å². The first-order chi connectivity index (χ1) is 4.22. The third-order valence-electron chi connectivity index (χ3n) is 1.26. The summed E-state index contributed by atoms with van der Waals surface area (Å²) in [7, 11) is 0. The van der Waals surface area contributed by atoms with Gasteiger partial charge in [0.25, 0.3) is 0 Å². The molecule has 0 fully saturated rings. The molecule has 0 heterocycles. The Balaban J connectivity index is 3.48. The van der Waals surface area contributed by atoms with Crippen LogP contribution < -0.4 is 0 Å². The van der Waals surface area contributed by atoms with Crippen LogP contribution in [0.15, 0.2) is 0 Å². The van der Waals surface area contributed by atoms with Gasteiger partial charge in [-0.1, -0.05) is 0 Å². The summed E-state index contributed by atoms with van der Waals surface area (Å²) in [6.45, 7) is 1.74. The quantitative estimate of drug-likeness (QED) is 0.525. The molecule has 0 aromatic rings. The molecule has 0 radical (unpaired) electrons. The first kappa shape index (κ1) is 8.48. The van der Waals surface area contributed by atoms with Crippen LogP contribution in [0.3, 0.4) is 0 Å². The summed E-state index contributed by atoms with van der Waals surface area (Å²) in [5, 5.41) is 17.4. The molecule has 0 spiro atoms. The summed E-state index contributed by atoms with van der Waals surface area (Å²) in [6.07, 6.45) is 4.82. The van der Waals surface area contributed by atoms with Crippen molar-refractivity contribution in [3.8, 4) is 12.3 Å². The number of hydrogen-bond donors (Lipinski definition) is 2. The summed E-state index contributed by atoms with van der Waals surface area (Å²) in [5.41, 5.74) is 0. The van der Waals surface area contributed by atoms with E-state index in [9.17, 15) is 0 Å². The van der Waals surface area contributed by atoms with E-state index in [0.29, 0.717) is 6.42 Å². The fourth-order valence-corrected chi connectivity index (χ4v) is 0.493. The Bertz CT molecular complexity index is 104. The Morgan fingerprint density at radius 2 is 2.22 bits per heavy atom. The molecule has 2 N–H and O–H groups in total. The molecule has 0 aromatic heterocycles. The van der Waals surface area contributed by atoms with Crippen LogP contribution in [0.2, 0.25) is 0 Å². The molecule has 0 amide bonds. The zero-order valence-electron chi connectivity index (χ0n) is 5.54. The Labute approximate surface area is 55.5 Å². The van der Waals surface area contributed by atoms with E-state index in [2.05, 4.69) is 5.92 Å². The van der Waals surface area contributed by atoms with Crippen molar-refractivity contribution in [2.45, 2.75) is 19.4 Å². The molecule has 2 unspecified atom stereocenters. The van der Waals surface area contributed by atoms with E-state index in [4.69, 9.17) is 16.6 Å². The van der Waals surface area contributed by atoms with Crippen LogP contribution in [0.25, 0.3) is 0 Å². The van der Waals surface area contributed by atoms with Gasteiger partial charge < -0.3 is 10.2 Å². The van der Waals surface area contributed by atoms with Gasteiger partial charge in [0, 0.05) is 12.5 Å². The van der Waals surface area contributed by atoms with Gasteiger partial charge in [0.15, 0.2) is 0 Å². The maximum Gasteiger partial charge on any atom is 0.0696 e. The van der Waals surface area contributed by atoms with Crippen LogP contribution in [0.5, 0.6) is 0 Å². The van der Waals surface area contributed by atoms with Crippen molar-refractivity contribution in [2.24, 2.45) is 5.92 Å². The molecule has 2 heteroatoms. The van der Waals surface area contributed by atoms with Crippen molar-refractivity contribution >= 4 is 0 Å². The summed E-state index contributed by atoms with van der Waals surface area (Å²) in [5.74, 6) is 2.23. The Kier molecular flexibility index (Phi) is 4.12. The van der Waals surface area contributed by atoms with Gasteiger partial charge in [-0.05, 0) is 13.3 Å². The minimum absolute atomic E-state index is 0.00676. The van der Waals surface area contributed by atoms with Crippen LogP contribution in [-0.4, -0.2) is 22.9 Å². The van der Waals surface area contributed by atoms with E-state index in [-0.39, 0.29) is 12.5 Å². The molecule has 0 aliphatic carbocycles. The average Bonchev–Trinajstić information content (AvgIpc) is 1.87. The summed E-state index contributed by atoms with van der Waals surface area (Å²) >= 11 is 0. The highest BCUT2D eigenvalue weighted by Crippen LogP contribution is 2.03. The molecule has 0 aliphatic heterocycles. The molecule has 0 saturated carbocycles. The van der Waals surface area contributed by atoms with Crippen molar-refractivity contribution < 1.29 is 10.2 Å². The van der Waals surface area contributed by atoms with Crippen molar-refractivity contribution in [1.82, 2.24) is 0 Å². The highest BCUT2D eigenvalue weighted by molar-refractivity contribution is 4.93. The van der Waals surface area contributed by atoms with Gasteiger partial charge in [0.2, 0.25) is 0 Å². The van der Waals surface area contributed by atoms with Crippen molar-refractivity contribution in [2.75, 3.05) is 6.61 Å². The largest absolute Gasteiger partial charge is 0.396 e. The molecule has 52 valence electrons. The Morgan fingerprint density at radius 3 is 2.56 bits per heavy atom. The number of aliphatic hydroxyl groups is 2. The van der Waals surface area contributed by atoms with E-state index in [0.717, 1.165) is 0 Å². The first-order valence-corrected chi connectivity index (χ1v) is 2.97. The maximum absolute atomic E-state index is 9.02. The van der Waals surface area contributed by atoms with Gasteiger partial charge in [-0.15, -0.1) is 12.3 Å². The summed E-state index contributed by atoms with van der Waals surface area (Å²) in [4.78, 5) is 0. The smallest absolute Gasteiger partial charge is 0.0696 e. The molecule has 2 nitrogen and oxygen atoms in total. The Hall–Kier alpha value is -0.520. The molecule has 0 rings (SSSR count). The monoisotopic (exact) mass is 128 g/mol. The molecular formula is C7H12O2. The second kappa shape index (κ2) is 4.37. The topological polar surface area (TPSA) is 40.5 Å². The standard InChI is InChI=1S/C7H12O2/c1-3-6(2)7(9)4-5-8/h1,6-9H,4-5H2,2H3.